The summed E-state index contributed by atoms with van der Waals surface area (Å²) in [6.45, 7) is 1.86. The van der Waals surface area contributed by atoms with Crippen molar-refractivity contribution >= 4 is 0 Å². The maximum atomic E-state index is 12.6. The topological polar surface area (TPSA) is 38.0 Å². The minimum Gasteiger partial charge on any atom is -0.389 e. The van der Waals surface area contributed by atoms with Crippen LogP contribution in [0.3, 0.4) is 0 Å². The van der Waals surface area contributed by atoms with Crippen molar-refractivity contribution in [3.05, 3.63) is 17.5 Å². The lowest BCUT2D eigenvalue weighted by Crippen LogP contribution is -2.40. The van der Waals surface area contributed by atoms with Crippen molar-refractivity contribution in [2.75, 3.05) is 0 Å². The molecule has 0 saturated heterocycles. The molecule has 2 rings (SSSR count). The molecule has 0 aliphatic heterocycles. The lowest BCUT2D eigenvalue weighted by atomic mass is 9.76. The summed E-state index contributed by atoms with van der Waals surface area (Å²) >= 11 is 0. The van der Waals surface area contributed by atoms with Gasteiger partial charge in [-0.1, -0.05) is 0 Å². The van der Waals surface area contributed by atoms with E-state index >= 15 is 0 Å². The van der Waals surface area contributed by atoms with Crippen molar-refractivity contribution in [2.24, 2.45) is 13.0 Å². The largest absolute Gasteiger partial charge is 0.391 e. The van der Waals surface area contributed by atoms with E-state index in [2.05, 4.69) is 5.10 Å². The van der Waals surface area contributed by atoms with Gasteiger partial charge >= 0.3 is 6.18 Å². The number of nitrogens with zero attached hydrogens (tertiary/aromatic N) is 2. The zero-order chi connectivity index (χ0) is 14.3. The third kappa shape index (κ3) is 3.29. The Bertz CT molecular complexity index is 445. The van der Waals surface area contributed by atoms with Crippen LogP contribution in [0.4, 0.5) is 13.2 Å². The predicted octanol–water partition coefficient (Wildman–Crippen LogP) is 2.75. The molecule has 1 saturated carbocycles. The summed E-state index contributed by atoms with van der Waals surface area (Å²) in [7, 11) is 1.78. The fraction of sp³-hybridized carbons (Fsp3) is 0.769. The molecular formula is C13H19F3N2O. The van der Waals surface area contributed by atoms with Crippen LogP contribution in [-0.4, -0.2) is 26.7 Å². The number of aryl methyl sites for hydroxylation is 2. The summed E-state index contributed by atoms with van der Waals surface area (Å²) in [5.41, 5.74) is 0.692. The highest BCUT2D eigenvalue weighted by atomic mass is 19.4. The Kier molecular flexibility index (Phi) is 3.64. The van der Waals surface area contributed by atoms with E-state index in [0.717, 1.165) is 11.4 Å². The molecule has 3 nitrogen and oxygen atoms in total. The molecule has 0 spiro atoms. The second-order valence-corrected chi connectivity index (χ2v) is 5.62. The number of aliphatic hydroxyl groups is 1. The van der Waals surface area contributed by atoms with Crippen molar-refractivity contribution < 1.29 is 18.3 Å². The van der Waals surface area contributed by atoms with Crippen LogP contribution in [0.2, 0.25) is 0 Å². The second-order valence-electron chi connectivity index (χ2n) is 5.62. The van der Waals surface area contributed by atoms with Crippen LogP contribution in [-0.2, 0) is 13.5 Å². The van der Waals surface area contributed by atoms with Crippen molar-refractivity contribution in [1.82, 2.24) is 9.78 Å². The maximum absolute atomic E-state index is 12.6. The van der Waals surface area contributed by atoms with Crippen LogP contribution >= 0.6 is 0 Å². The highest BCUT2D eigenvalue weighted by molar-refractivity contribution is 5.12. The van der Waals surface area contributed by atoms with Crippen LogP contribution in [0.15, 0.2) is 6.07 Å². The Morgan fingerprint density at radius 3 is 2.42 bits per heavy atom. The molecule has 0 bridgehead atoms. The summed E-state index contributed by atoms with van der Waals surface area (Å²) in [6, 6.07) is 1.87. The lowest BCUT2D eigenvalue weighted by Gasteiger charge is -2.36. The first-order valence-corrected chi connectivity index (χ1v) is 6.48. The number of hydrogen-bond acceptors (Lipinski definition) is 2. The Hall–Kier alpha value is -1.04. The van der Waals surface area contributed by atoms with Crippen LogP contribution in [0.25, 0.3) is 0 Å². The SMILES string of the molecule is Cc1cc(CC2(O)CCC(C(F)(F)F)CC2)n(C)n1. The van der Waals surface area contributed by atoms with Crippen LogP contribution < -0.4 is 0 Å². The zero-order valence-corrected chi connectivity index (χ0v) is 11.2. The number of alkyl halides is 3. The molecule has 19 heavy (non-hydrogen) atoms. The number of rotatable bonds is 2. The molecule has 1 aliphatic rings. The second kappa shape index (κ2) is 4.81. The number of halogens is 3. The number of hydrogen-bond donors (Lipinski definition) is 1. The van der Waals surface area contributed by atoms with Crippen molar-refractivity contribution in [3.8, 4) is 0 Å². The minimum atomic E-state index is -4.13. The predicted molar refractivity (Wildman–Crippen MR) is 64.6 cm³/mol. The first kappa shape index (κ1) is 14.4. The molecule has 108 valence electrons. The smallest absolute Gasteiger partial charge is 0.389 e. The first-order valence-electron chi connectivity index (χ1n) is 6.48. The van der Waals surface area contributed by atoms with Crippen molar-refractivity contribution in [1.29, 1.82) is 0 Å². The Morgan fingerprint density at radius 1 is 1.42 bits per heavy atom. The lowest BCUT2D eigenvalue weighted by molar-refractivity contribution is -0.192. The van der Waals surface area contributed by atoms with Gasteiger partial charge in [0, 0.05) is 19.2 Å². The maximum Gasteiger partial charge on any atom is 0.391 e. The highest BCUT2D eigenvalue weighted by Crippen LogP contribution is 2.42. The molecule has 1 fully saturated rings. The standard InChI is InChI=1S/C13H19F3N2O/c1-9-7-11(18(2)17-9)8-12(19)5-3-10(4-6-12)13(14,15)16/h7,10,19H,3-6,8H2,1-2H3. The van der Waals surface area contributed by atoms with Crippen molar-refractivity contribution in [3.63, 3.8) is 0 Å². The van der Waals surface area contributed by atoms with Gasteiger partial charge in [-0.05, 0) is 38.7 Å². The Morgan fingerprint density at radius 2 is 2.00 bits per heavy atom. The van der Waals surface area contributed by atoms with E-state index in [1.165, 1.54) is 0 Å². The highest BCUT2D eigenvalue weighted by Gasteiger charge is 2.45. The third-order valence-corrected chi connectivity index (χ3v) is 3.99. The van der Waals surface area contributed by atoms with Crippen LogP contribution in [0.1, 0.15) is 37.1 Å². The molecule has 0 aromatic carbocycles. The molecule has 0 atom stereocenters. The molecule has 1 heterocycles. The summed E-state index contributed by atoms with van der Waals surface area (Å²) in [4.78, 5) is 0. The molecule has 0 unspecified atom stereocenters. The summed E-state index contributed by atoms with van der Waals surface area (Å²) in [5, 5.41) is 14.6. The molecule has 1 aliphatic carbocycles. The van der Waals surface area contributed by atoms with Gasteiger partial charge in [0.1, 0.15) is 0 Å². The van der Waals surface area contributed by atoms with Gasteiger partial charge in [-0.2, -0.15) is 18.3 Å². The van der Waals surface area contributed by atoms with Gasteiger partial charge in [0.05, 0.1) is 17.2 Å². The Balaban J connectivity index is 2.01. The monoisotopic (exact) mass is 276 g/mol. The fourth-order valence-electron chi connectivity index (χ4n) is 2.83. The van der Waals surface area contributed by atoms with Crippen LogP contribution in [0.5, 0.6) is 0 Å². The van der Waals surface area contributed by atoms with Crippen molar-refractivity contribution in [2.45, 2.75) is 50.8 Å². The molecule has 0 radical (unpaired) electrons. The molecule has 1 aromatic rings. The zero-order valence-electron chi connectivity index (χ0n) is 11.2. The Labute approximate surface area is 110 Å². The molecule has 1 aromatic heterocycles. The molecule has 1 N–H and O–H groups in total. The van der Waals surface area contributed by atoms with E-state index in [0.29, 0.717) is 6.42 Å². The quantitative estimate of drug-likeness (QED) is 0.902. The normalized spacial score (nSPS) is 28.6. The van der Waals surface area contributed by atoms with Gasteiger partial charge in [0.15, 0.2) is 0 Å². The summed E-state index contributed by atoms with van der Waals surface area (Å²) in [6.07, 6.45) is -3.35. The van der Waals surface area contributed by atoms with E-state index in [1.807, 2.05) is 13.0 Å². The fourth-order valence-corrected chi connectivity index (χ4v) is 2.83. The van der Waals surface area contributed by atoms with Gasteiger partial charge < -0.3 is 5.11 Å². The van der Waals surface area contributed by atoms with E-state index < -0.39 is 17.7 Å². The summed E-state index contributed by atoms with van der Waals surface area (Å²) < 4.78 is 39.5. The van der Waals surface area contributed by atoms with E-state index in [9.17, 15) is 18.3 Å². The van der Waals surface area contributed by atoms with Gasteiger partial charge in [-0.15, -0.1) is 0 Å². The average molecular weight is 276 g/mol. The minimum absolute atomic E-state index is 0.0107. The van der Waals surface area contributed by atoms with E-state index in [1.54, 1.807) is 11.7 Å². The van der Waals surface area contributed by atoms with Gasteiger partial charge in [0.25, 0.3) is 0 Å². The number of aromatic nitrogens is 2. The van der Waals surface area contributed by atoms with Gasteiger partial charge in [0.2, 0.25) is 0 Å². The van der Waals surface area contributed by atoms with Gasteiger partial charge in [-0.25, -0.2) is 0 Å². The average Bonchev–Trinajstić information content (AvgIpc) is 2.56. The van der Waals surface area contributed by atoms with Crippen LogP contribution in [0, 0.1) is 12.8 Å². The summed E-state index contributed by atoms with van der Waals surface area (Å²) in [5.74, 6) is -1.26. The molecule has 6 heteroatoms. The van der Waals surface area contributed by atoms with E-state index in [4.69, 9.17) is 0 Å². The first-order chi connectivity index (χ1) is 8.70. The van der Waals surface area contributed by atoms with E-state index in [-0.39, 0.29) is 25.7 Å². The van der Waals surface area contributed by atoms with Gasteiger partial charge in [-0.3, -0.25) is 4.68 Å². The molecule has 0 amide bonds. The molecular weight excluding hydrogens is 257 g/mol. The third-order valence-electron chi connectivity index (χ3n) is 3.99.